The van der Waals surface area contributed by atoms with E-state index in [9.17, 15) is 9.59 Å². The molecular weight excluding hydrogens is 528 g/mol. The molecule has 1 saturated heterocycles. The van der Waals surface area contributed by atoms with Crippen LogP contribution >= 0.6 is 23.4 Å². The fourth-order valence-corrected chi connectivity index (χ4v) is 7.28. The molecule has 0 N–H and O–H groups in total. The number of aryl methyl sites for hydroxylation is 1. The molecule has 0 saturated carbocycles. The lowest BCUT2D eigenvalue weighted by atomic mass is 9.92. The van der Waals surface area contributed by atoms with Crippen molar-refractivity contribution in [3.05, 3.63) is 27.1 Å². The lowest BCUT2D eigenvalue weighted by Crippen LogP contribution is -2.59. The van der Waals surface area contributed by atoms with Crippen LogP contribution in [0, 0.1) is 12.3 Å². The van der Waals surface area contributed by atoms with Crippen molar-refractivity contribution in [2.75, 3.05) is 51.2 Å². The number of anilines is 1. The van der Waals surface area contributed by atoms with Gasteiger partial charge in [-0.25, -0.2) is 9.59 Å². The number of amides is 1. The second-order valence-electron chi connectivity index (χ2n) is 11.7. The molecule has 2 atom stereocenters. The molecule has 210 valence electrons. The molecule has 2 aromatic rings. The smallest absolute Gasteiger partial charge is 0.410 e. The second kappa shape index (κ2) is 10.9. The number of thioether (sulfide) groups is 1. The summed E-state index contributed by atoms with van der Waals surface area (Å²) in [6, 6.07) is 1.75. The van der Waals surface area contributed by atoms with Crippen molar-refractivity contribution >= 4 is 46.2 Å². The standard InChI is InChI=1S/C27H39ClN4O5S/c1-16-9-19-21-22(20(16)28)38-15-27(13-35-7,14-36-8)12-31(21)24(33)29-23(19)30-10-17(2)32(18(3)11-30)25(34)37-26(4,5)6/h9,17-18H,10-15H2,1-8H3/t17-,18+. The molecule has 0 spiro atoms. The van der Waals surface area contributed by atoms with Crippen molar-refractivity contribution < 1.29 is 19.0 Å². The summed E-state index contributed by atoms with van der Waals surface area (Å²) in [5.74, 6) is 1.31. The Bertz CT molecular complexity index is 1260. The van der Waals surface area contributed by atoms with E-state index in [0.717, 1.165) is 21.4 Å². The van der Waals surface area contributed by atoms with E-state index in [4.69, 9.17) is 25.8 Å². The highest BCUT2D eigenvalue weighted by Crippen LogP contribution is 2.44. The number of piperazine rings is 1. The van der Waals surface area contributed by atoms with Crippen LogP contribution in [0.5, 0.6) is 0 Å². The van der Waals surface area contributed by atoms with E-state index in [2.05, 4.69) is 9.88 Å². The number of hydrogen-bond acceptors (Lipinski definition) is 8. The number of nitrogens with zero attached hydrogens (tertiary/aromatic N) is 4. The molecule has 1 amide bonds. The van der Waals surface area contributed by atoms with Gasteiger partial charge in [0, 0.05) is 50.4 Å². The predicted molar refractivity (Wildman–Crippen MR) is 152 cm³/mol. The van der Waals surface area contributed by atoms with E-state index in [1.165, 1.54) is 0 Å². The Morgan fingerprint density at radius 2 is 1.79 bits per heavy atom. The summed E-state index contributed by atoms with van der Waals surface area (Å²) in [7, 11) is 3.33. The quantitative estimate of drug-likeness (QED) is 0.520. The Labute approximate surface area is 233 Å². The molecule has 1 fully saturated rings. The van der Waals surface area contributed by atoms with Crippen LogP contribution in [-0.2, 0) is 20.8 Å². The van der Waals surface area contributed by atoms with Gasteiger partial charge < -0.3 is 19.1 Å². The number of halogens is 1. The highest BCUT2D eigenvalue weighted by molar-refractivity contribution is 7.99. The molecule has 0 radical (unpaired) electrons. The van der Waals surface area contributed by atoms with Gasteiger partial charge in [-0.3, -0.25) is 9.47 Å². The Morgan fingerprint density at radius 3 is 2.34 bits per heavy atom. The molecule has 1 aromatic heterocycles. The third-order valence-corrected chi connectivity index (χ3v) is 9.10. The van der Waals surface area contributed by atoms with Gasteiger partial charge in [0.05, 0.1) is 40.7 Å². The van der Waals surface area contributed by atoms with E-state index < -0.39 is 11.0 Å². The summed E-state index contributed by atoms with van der Waals surface area (Å²) in [5.41, 5.74) is 0.405. The summed E-state index contributed by atoms with van der Waals surface area (Å²) in [5, 5.41) is 1.53. The molecule has 2 aliphatic rings. The number of hydrogen-bond donors (Lipinski definition) is 0. The third kappa shape index (κ3) is 5.50. The van der Waals surface area contributed by atoms with E-state index in [1.807, 2.05) is 47.6 Å². The third-order valence-electron chi connectivity index (χ3n) is 7.06. The van der Waals surface area contributed by atoms with Crippen LogP contribution in [0.3, 0.4) is 0 Å². The monoisotopic (exact) mass is 566 g/mol. The maximum Gasteiger partial charge on any atom is 0.410 e. The topological polar surface area (TPSA) is 86.1 Å². The first-order valence-corrected chi connectivity index (χ1v) is 14.3. The summed E-state index contributed by atoms with van der Waals surface area (Å²) >= 11 is 8.49. The first kappa shape index (κ1) is 29.0. The van der Waals surface area contributed by atoms with Crippen LogP contribution in [-0.4, -0.2) is 84.5 Å². The van der Waals surface area contributed by atoms with Crippen molar-refractivity contribution in [2.24, 2.45) is 5.41 Å². The van der Waals surface area contributed by atoms with Crippen LogP contribution in [0.25, 0.3) is 10.9 Å². The first-order valence-electron chi connectivity index (χ1n) is 12.9. The van der Waals surface area contributed by atoms with E-state index in [-0.39, 0.29) is 23.9 Å². The van der Waals surface area contributed by atoms with E-state index in [0.29, 0.717) is 49.4 Å². The number of carbonyl (C=O) groups is 1. The number of aromatic nitrogens is 2. The van der Waals surface area contributed by atoms with Crippen LogP contribution in [0.4, 0.5) is 10.6 Å². The number of ether oxygens (including phenoxy) is 3. The number of methoxy groups -OCH3 is 2. The minimum absolute atomic E-state index is 0.137. The molecule has 0 bridgehead atoms. The molecule has 11 heteroatoms. The Kier molecular flexibility index (Phi) is 8.29. The molecule has 0 unspecified atom stereocenters. The highest BCUT2D eigenvalue weighted by Gasteiger charge is 2.39. The molecule has 9 nitrogen and oxygen atoms in total. The minimum Gasteiger partial charge on any atom is -0.444 e. The minimum atomic E-state index is -0.575. The largest absolute Gasteiger partial charge is 0.444 e. The fraction of sp³-hybridized carbons (Fsp3) is 0.667. The van der Waals surface area contributed by atoms with Crippen molar-refractivity contribution in [1.29, 1.82) is 0 Å². The fourth-order valence-electron chi connectivity index (χ4n) is 5.62. The van der Waals surface area contributed by atoms with Crippen molar-refractivity contribution in [2.45, 2.75) is 70.7 Å². The average Bonchev–Trinajstić information content (AvgIpc) is 2.96. The second-order valence-corrected chi connectivity index (χ2v) is 13.0. The Balaban J connectivity index is 1.80. The zero-order valence-electron chi connectivity index (χ0n) is 23.6. The maximum absolute atomic E-state index is 13.7. The van der Waals surface area contributed by atoms with Crippen LogP contribution in [0.2, 0.25) is 5.02 Å². The molecule has 4 rings (SSSR count). The highest BCUT2D eigenvalue weighted by atomic mass is 35.5. The van der Waals surface area contributed by atoms with Crippen LogP contribution in [0.1, 0.15) is 40.2 Å². The molecular formula is C27H39ClN4O5S. The van der Waals surface area contributed by atoms with Crippen LogP contribution in [0.15, 0.2) is 15.8 Å². The van der Waals surface area contributed by atoms with Gasteiger partial charge in [-0.05, 0) is 53.2 Å². The van der Waals surface area contributed by atoms with Gasteiger partial charge in [-0.15, -0.1) is 11.8 Å². The van der Waals surface area contributed by atoms with Gasteiger partial charge in [0.15, 0.2) is 0 Å². The Morgan fingerprint density at radius 1 is 1.18 bits per heavy atom. The zero-order valence-corrected chi connectivity index (χ0v) is 25.2. The van der Waals surface area contributed by atoms with Gasteiger partial charge in [0.1, 0.15) is 11.4 Å². The van der Waals surface area contributed by atoms with Crippen molar-refractivity contribution in [3.63, 3.8) is 0 Å². The van der Waals surface area contributed by atoms with Gasteiger partial charge in [0.25, 0.3) is 0 Å². The SMILES string of the molecule is COCC1(COC)CSc2c(Cl)c(C)cc3c(N4C[C@@H](C)N(C(=O)OC(C)(C)C)[C@@H](C)C4)nc(=O)n(c23)C1. The van der Waals surface area contributed by atoms with E-state index in [1.54, 1.807) is 35.4 Å². The van der Waals surface area contributed by atoms with E-state index >= 15 is 0 Å². The normalized spacial score (nSPS) is 21.5. The predicted octanol–water partition coefficient (Wildman–Crippen LogP) is 4.58. The summed E-state index contributed by atoms with van der Waals surface area (Å²) in [6.07, 6.45) is -0.329. The van der Waals surface area contributed by atoms with Gasteiger partial charge in [-0.1, -0.05) is 11.6 Å². The van der Waals surface area contributed by atoms with Crippen LogP contribution < -0.4 is 10.6 Å². The number of rotatable bonds is 5. The van der Waals surface area contributed by atoms with Gasteiger partial charge >= 0.3 is 11.8 Å². The van der Waals surface area contributed by atoms with Crippen molar-refractivity contribution in [3.8, 4) is 0 Å². The lowest BCUT2D eigenvalue weighted by molar-refractivity contribution is 0.00560. The number of carbonyl (C=O) groups excluding carboxylic acids is 1. The molecule has 3 heterocycles. The van der Waals surface area contributed by atoms with Gasteiger partial charge in [-0.2, -0.15) is 4.98 Å². The van der Waals surface area contributed by atoms with Crippen molar-refractivity contribution in [1.82, 2.24) is 14.5 Å². The summed E-state index contributed by atoms with van der Waals surface area (Å²) < 4.78 is 18.5. The average molecular weight is 567 g/mol. The molecule has 1 aromatic carbocycles. The summed E-state index contributed by atoms with van der Waals surface area (Å²) in [4.78, 5) is 36.0. The van der Waals surface area contributed by atoms with Gasteiger partial charge in [0.2, 0.25) is 0 Å². The molecule has 0 aliphatic carbocycles. The number of benzene rings is 1. The summed E-state index contributed by atoms with van der Waals surface area (Å²) in [6.45, 7) is 13.9. The lowest BCUT2D eigenvalue weighted by Gasteiger charge is -2.45. The molecule has 38 heavy (non-hydrogen) atoms. The molecule has 2 aliphatic heterocycles. The Hall–Kier alpha value is -2.01. The first-order chi connectivity index (χ1) is 17.8. The maximum atomic E-state index is 13.7. The zero-order chi connectivity index (χ0) is 28.0.